The third-order valence-electron chi connectivity index (χ3n) is 4.23. The molecule has 21 heavy (non-hydrogen) atoms. The lowest BCUT2D eigenvalue weighted by atomic mass is 9.87. The molecule has 5 nitrogen and oxygen atoms in total. The van der Waals surface area contributed by atoms with Crippen LogP contribution in [0.2, 0.25) is 0 Å². The number of amides is 2. The van der Waals surface area contributed by atoms with Gasteiger partial charge in [0, 0.05) is 31.2 Å². The van der Waals surface area contributed by atoms with Gasteiger partial charge in [0.2, 0.25) is 0 Å². The number of benzene rings is 1. The molecule has 0 spiro atoms. The van der Waals surface area contributed by atoms with Crippen LogP contribution >= 0.6 is 0 Å². The maximum Gasteiger partial charge on any atom is 0.324 e. The zero-order valence-corrected chi connectivity index (χ0v) is 12.7. The number of urea groups is 1. The van der Waals surface area contributed by atoms with E-state index in [2.05, 4.69) is 0 Å². The van der Waals surface area contributed by atoms with Crippen molar-refractivity contribution in [2.24, 2.45) is 11.8 Å². The molecule has 1 aromatic carbocycles. The Kier molecular flexibility index (Phi) is 4.50. The highest BCUT2D eigenvalue weighted by molar-refractivity contribution is 5.93. The largest absolute Gasteiger partial charge is 0.481 e. The maximum absolute atomic E-state index is 12.6. The van der Waals surface area contributed by atoms with E-state index in [1.165, 1.54) is 0 Å². The Labute approximate surface area is 125 Å². The number of aryl methyl sites for hydroxylation is 1. The van der Waals surface area contributed by atoms with Crippen LogP contribution in [-0.2, 0) is 4.79 Å². The Morgan fingerprint density at radius 1 is 1.38 bits per heavy atom. The topological polar surface area (TPSA) is 60.9 Å². The zero-order valence-electron chi connectivity index (χ0n) is 12.7. The van der Waals surface area contributed by atoms with E-state index in [1.807, 2.05) is 38.1 Å². The molecule has 0 aliphatic carbocycles. The summed E-state index contributed by atoms with van der Waals surface area (Å²) in [6.07, 6.45) is 0. The highest BCUT2D eigenvalue weighted by atomic mass is 16.4. The molecule has 1 aromatic rings. The minimum atomic E-state index is -0.793. The van der Waals surface area contributed by atoms with Gasteiger partial charge < -0.3 is 10.0 Å². The third kappa shape index (κ3) is 3.01. The molecule has 0 saturated carbocycles. The summed E-state index contributed by atoms with van der Waals surface area (Å²) in [4.78, 5) is 27.0. The van der Waals surface area contributed by atoms with Crippen LogP contribution in [0.15, 0.2) is 24.3 Å². The summed E-state index contributed by atoms with van der Waals surface area (Å²) in [5, 5.41) is 9.00. The van der Waals surface area contributed by atoms with Gasteiger partial charge in [-0.05, 0) is 25.5 Å². The van der Waals surface area contributed by atoms with Crippen molar-refractivity contribution in [1.82, 2.24) is 4.90 Å². The fourth-order valence-corrected chi connectivity index (χ4v) is 2.63. The first-order valence-corrected chi connectivity index (χ1v) is 7.30. The smallest absolute Gasteiger partial charge is 0.324 e. The van der Waals surface area contributed by atoms with E-state index in [4.69, 9.17) is 5.11 Å². The summed E-state index contributed by atoms with van der Waals surface area (Å²) in [5.41, 5.74) is 1.98. The number of hydrogen-bond acceptors (Lipinski definition) is 2. The van der Waals surface area contributed by atoms with Crippen LogP contribution in [0.5, 0.6) is 0 Å². The normalized spacial score (nSPS) is 16.2. The molecule has 2 amide bonds. The van der Waals surface area contributed by atoms with Crippen molar-refractivity contribution in [2.45, 2.75) is 20.8 Å². The number of rotatable bonds is 4. The average Bonchev–Trinajstić information content (AvgIpc) is 2.39. The Morgan fingerprint density at radius 3 is 2.52 bits per heavy atom. The molecule has 2 rings (SSSR count). The number of anilines is 1. The van der Waals surface area contributed by atoms with Gasteiger partial charge in [0.25, 0.3) is 0 Å². The van der Waals surface area contributed by atoms with Gasteiger partial charge in [-0.15, -0.1) is 0 Å². The molecule has 1 atom stereocenters. The predicted molar refractivity (Wildman–Crippen MR) is 81.5 cm³/mol. The second-order valence-electron chi connectivity index (χ2n) is 5.61. The van der Waals surface area contributed by atoms with Crippen LogP contribution in [0.3, 0.4) is 0 Å². The molecule has 114 valence electrons. The molecule has 0 bridgehead atoms. The minimum absolute atomic E-state index is 0.0411. The molecule has 1 heterocycles. The van der Waals surface area contributed by atoms with E-state index in [0.717, 1.165) is 11.3 Å². The lowest BCUT2D eigenvalue weighted by Crippen LogP contribution is -2.57. The monoisotopic (exact) mass is 290 g/mol. The average molecular weight is 290 g/mol. The minimum Gasteiger partial charge on any atom is -0.481 e. The summed E-state index contributed by atoms with van der Waals surface area (Å²) >= 11 is 0. The van der Waals surface area contributed by atoms with Crippen LogP contribution in [0, 0.1) is 18.8 Å². The van der Waals surface area contributed by atoms with Crippen molar-refractivity contribution in [1.29, 1.82) is 0 Å². The summed E-state index contributed by atoms with van der Waals surface area (Å²) in [7, 11) is 0. The third-order valence-corrected chi connectivity index (χ3v) is 4.23. The molecule has 1 saturated heterocycles. The van der Waals surface area contributed by atoms with E-state index in [1.54, 1.807) is 16.7 Å². The second-order valence-corrected chi connectivity index (χ2v) is 5.61. The lowest BCUT2D eigenvalue weighted by Gasteiger charge is -2.43. The van der Waals surface area contributed by atoms with Crippen molar-refractivity contribution in [3.05, 3.63) is 29.8 Å². The predicted octanol–water partition coefficient (Wildman–Crippen LogP) is 2.59. The molecule has 1 aliphatic rings. The van der Waals surface area contributed by atoms with Crippen LogP contribution in [0.25, 0.3) is 0 Å². The van der Waals surface area contributed by atoms with E-state index in [0.29, 0.717) is 19.6 Å². The van der Waals surface area contributed by atoms with Crippen LogP contribution < -0.4 is 4.90 Å². The standard InChI is InChI=1S/C16H22N2O3/c1-4-18(14-8-6-5-7-11(14)2)16(21)17-9-13(10-17)12(3)15(19)20/h5-8,12-13H,4,9-10H2,1-3H3,(H,19,20). The Morgan fingerprint density at radius 2 is 2.00 bits per heavy atom. The summed E-state index contributed by atoms with van der Waals surface area (Å²) in [6, 6.07) is 7.75. The van der Waals surface area contributed by atoms with Crippen molar-refractivity contribution in [3.8, 4) is 0 Å². The number of likely N-dealkylation sites (tertiary alicyclic amines) is 1. The van der Waals surface area contributed by atoms with Crippen LogP contribution in [-0.4, -0.2) is 41.6 Å². The lowest BCUT2D eigenvalue weighted by molar-refractivity contribution is -0.144. The first-order chi connectivity index (χ1) is 9.95. The summed E-state index contributed by atoms with van der Waals surface area (Å²) < 4.78 is 0. The number of aliphatic carboxylic acids is 1. The van der Waals surface area contributed by atoms with Crippen molar-refractivity contribution >= 4 is 17.7 Å². The molecule has 0 aromatic heterocycles. The number of carbonyl (C=O) groups excluding carboxylic acids is 1. The van der Waals surface area contributed by atoms with Gasteiger partial charge in [-0.3, -0.25) is 9.69 Å². The van der Waals surface area contributed by atoms with Gasteiger partial charge in [-0.2, -0.15) is 0 Å². The van der Waals surface area contributed by atoms with Crippen molar-refractivity contribution in [2.75, 3.05) is 24.5 Å². The van der Waals surface area contributed by atoms with E-state index in [-0.39, 0.29) is 11.9 Å². The maximum atomic E-state index is 12.6. The number of carboxylic acid groups (broad SMARTS) is 1. The van der Waals surface area contributed by atoms with E-state index in [9.17, 15) is 9.59 Å². The molecular formula is C16H22N2O3. The Balaban J connectivity index is 2.04. The molecule has 1 unspecified atom stereocenters. The van der Waals surface area contributed by atoms with Crippen LogP contribution in [0.1, 0.15) is 19.4 Å². The van der Waals surface area contributed by atoms with Crippen LogP contribution in [0.4, 0.5) is 10.5 Å². The van der Waals surface area contributed by atoms with Gasteiger partial charge in [0.05, 0.1) is 5.92 Å². The number of carboxylic acids is 1. The summed E-state index contributed by atoms with van der Waals surface area (Å²) in [6.45, 7) is 7.27. The quantitative estimate of drug-likeness (QED) is 0.927. The zero-order chi connectivity index (χ0) is 15.6. The Hall–Kier alpha value is -2.04. The second kappa shape index (κ2) is 6.16. The SMILES string of the molecule is CCN(C(=O)N1CC(C(C)C(=O)O)C1)c1ccccc1C. The van der Waals surface area contributed by atoms with Gasteiger partial charge in [-0.25, -0.2) is 4.79 Å². The summed E-state index contributed by atoms with van der Waals surface area (Å²) in [5.74, 6) is -1.14. The highest BCUT2D eigenvalue weighted by Crippen LogP contribution is 2.27. The molecule has 1 N–H and O–H groups in total. The highest BCUT2D eigenvalue weighted by Gasteiger charge is 2.38. The Bertz CT molecular complexity index is 538. The van der Waals surface area contributed by atoms with E-state index < -0.39 is 11.9 Å². The van der Waals surface area contributed by atoms with Gasteiger partial charge in [-0.1, -0.05) is 25.1 Å². The molecule has 1 fully saturated rings. The van der Waals surface area contributed by atoms with Crippen molar-refractivity contribution < 1.29 is 14.7 Å². The van der Waals surface area contributed by atoms with Crippen molar-refractivity contribution in [3.63, 3.8) is 0 Å². The number of nitrogens with zero attached hydrogens (tertiary/aromatic N) is 2. The number of para-hydroxylation sites is 1. The first-order valence-electron chi connectivity index (χ1n) is 7.30. The van der Waals surface area contributed by atoms with Gasteiger partial charge >= 0.3 is 12.0 Å². The van der Waals surface area contributed by atoms with Gasteiger partial charge in [0.1, 0.15) is 0 Å². The molecule has 0 radical (unpaired) electrons. The van der Waals surface area contributed by atoms with E-state index >= 15 is 0 Å². The number of hydrogen-bond donors (Lipinski definition) is 1. The van der Waals surface area contributed by atoms with Gasteiger partial charge in [0.15, 0.2) is 0 Å². The number of carbonyl (C=O) groups is 2. The molecule has 5 heteroatoms. The fraction of sp³-hybridized carbons (Fsp3) is 0.500. The molecule has 1 aliphatic heterocycles. The molecular weight excluding hydrogens is 268 g/mol. The fourth-order valence-electron chi connectivity index (χ4n) is 2.63. The first kappa shape index (κ1) is 15.4.